The first-order valence-electron chi connectivity index (χ1n) is 7.80. The topological polar surface area (TPSA) is 66.8 Å². The molecule has 0 saturated heterocycles. The summed E-state index contributed by atoms with van der Waals surface area (Å²) in [6, 6.07) is 12.5. The van der Waals surface area contributed by atoms with Crippen LogP contribution in [0.4, 0.5) is 5.69 Å². The molecule has 24 heavy (non-hydrogen) atoms. The number of amides is 1. The van der Waals surface area contributed by atoms with Crippen LogP contribution in [0.25, 0.3) is 0 Å². The maximum Gasteiger partial charge on any atom is 0.268 e. The molecule has 5 nitrogen and oxygen atoms in total. The van der Waals surface area contributed by atoms with Gasteiger partial charge in [-0.2, -0.15) is 0 Å². The lowest BCUT2D eigenvalue weighted by molar-refractivity contribution is -0.128. The number of Topliss-reactive ketones (excluding diaryl/α,β-unsaturated/α-hetero) is 1. The zero-order valence-corrected chi connectivity index (χ0v) is 13.7. The van der Waals surface area contributed by atoms with E-state index in [0.29, 0.717) is 17.9 Å². The molecule has 0 saturated carbocycles. The van der Waals surface area contributed by atoms with Crippen LogP contribution in [0.1, 0.15) is 18.1 Å². The lowest BCUT2D eigenvalue weighted by Gasteiger charge is -2.34. The third-order valence-corrected chi connectivity index (χ3v) is 3.93. The lowest BCUT2D eigenvalue weighted by Crippen LogP contribution is -2.48. The number of aryl methyl sites for hydroxylation is 1. The Morgan fingerprint density at radius 3 is 2.75 bits per heavy atom. The number of phenolic OH excluding ortho intramolecular Hbond substituents is 1. The fourth-order valence-corrected chi connectivity index (χ4v) is 2.88. The third kappa shape index (κ3) is 3.25. The SMILES string of the molecule is CC(=O)CN1C(=O)C(Cc2cccc(C)c2)Oc2ccc(O)cc21. The van der Waals surface area contributed by atoms with Crippen LogP contribution in [0.15, 0.2) is 42.5 Å². The molecule has 0 aliphatic carbocycles. The van der Waals surface area contributed by atoms with Crippen LogP contribution in [0, 0.1) is 6.92 Å². The normalized spacial score (nSPS) is 16.5. The minimum Gasteiger partial charge on any atom is -0.508 e. The smallest absolute Gasteiger partial charge is 0.268 e. The lowest BCUT2D eigenvalue weighted by atomic mass is 10.0. The van der Waals surface area contributed by atoms with E-state index in [9.17, 15) is 14.7 Å². The van der Waals surface area contributed by atoms with Crippen molar-refractivity contribution in [3.63, 3.8) is 0 Å². The number of anilines is 1. The maximum atomic E-state index is 12.8. The van der Waals surface area contributed by atoms with Crippen molar-refractivity contribution in [2.45, 2.75) is 26.4 Å². The number of benzene rings is 2. The summed E-state index contributed by atoms with van der Waals surface area (Å²) in [7, 11) is 0. The van der Waals surface area contributed by atoms with Crippen LogP contribution < -0.4 is 9.64 Å². The van der Waals surface area contributed by atoms with Gasteiger partial charge in [0.2, 0.25) is 0 Å². The van der Waals surface area contributed by atoms with Crippen molar-refractivity contribution in [1.29, 1.82) is 0 Å². The molecule has 2 aromatic carbocycles. The monoisotopic (exact) mass is 325 g/mol. The molecule has 1 amide bonds. The summed E-state index contributed by atoms with van der Waals surface area (Å²) >= 11 is 0. The first kappa shape index (κ1) is 16.1. The quantitative estimate of drug-likeness (QED) is 0.938. The fourth-order valence-electron chi connectivity index (χ4n) is 2.88. The van der Waals surface area contributed by atoms with Crippen molar-refractivity contribution in [3.8, 4) is 11.5 Å². The summed E-state index contributed by atoms with van der Waals surface area (Å²) in [6.45, 7) is 3.39. The van der Waals surface area contributed by atoms with Crippen LogP contribution in [0.5, 0.6) is 11.5 Å². The van der Waals surface area contributed by atoms with Gasteiger partial charge in [0.25, 0.3) is 5.91 Å². The predicted octanol–water partition coefficient (Wildman–Crippen LogP) is 2.63. The second-order valence-corrected chi connectivity index (χ2v) is 6.08. The van der Waals surface area contributed by atoms with Gasteiger partial charge in [-0.25, -0.2) is 0 Å². The highest BCUT2D eigenvalue weighted by molar-refractivity contribution is 6.04. The number of hydrogen-bond donors (Lipinski definition) is 1. The van der Waals surface area contributed by atoms with E-state index < -0.39 is 6.10 Å². The number of phenols is 1. The van der Waals surface area contributed by atoms with E-state index in [1.807, 2.05) is 31.2 Å². The van der Waals surface area contributed by atoms with E-state index in [2.05, 4.69) is 0 Å². The summed E-state index contributed by atoms with van der Waals surface area (Å²) in [4.78, 5) is 25.7. The predicted molar refractivity (Wildman–Crippen MR) is 90.4 cm³/mol. The number of ketones is 1. The van der Waals surface area contributed by atoms with Crippen LogP contribution in [-0.2, 0) is 16.0 Å². The van der Waals surface area contributed by atoms with E-state index in [0.717, 1.165) is 11.1 Å². The van der Waals surface area contributed by atoms with Gasteiger partial charge < -0.3 is 9.84 Å². The Morgan fingerprint density at radius 1 is 1.25 bits per heavy atom. The zero-order chi connectivity index (χ0) is 17.3. The second kappa shape index (κ2) is 6.35. The van der Waals surface area contributed by atoms with E-state index in [1.54, 1.807) is 6.07 Å². The van der Waals surface area contributed by atoms with Gasteiger partial charge in [0.15, 0.2) is 6.10 Å². The molecule has 2 aromatic rings. The van der Waals surface area contributed by atoms with Gasteiger partial charge in [0.1, 0.15) is 17.3 Å². The third-order valence-electron chi connectivity index (χ3n) is 3.93. The molecule has 1 unspecified atom stereocenters. The highest BCUT2D eigenvalue weighted by Crippen LogP contribution is 2.37. The summed E-state index contributed by atoms with van der Waals surface area (Å²) in [5, 5.41) is 9.68. The largest absolute Gasteiger partial charge is 0.508 e. The molecule has 3 rings (SSSR count). The molecule has 0 spiro atoms. The van der Waals surface area contributed by atoms with Crippen LogP contribution in [0.3, 0.4) is 0 Å². The Kier molecular flexibility index (Phi) is 4.25. The summed E-state index contributed by atoms with van der Waals surface area (Å²) in [6.07, 6.45) is -0.266. The van der Waals surface area contributed by atoms with Crippen LogP contribution in [0.2, 0.25) is 0 Å². The highest BCUT2D eigenvalue weighted by Gasteiger charge is 2.35. The standard InChI is InChI=1S/C19H19NO4/c1-12-4-3-5-14(8-12)9-18-19(23)20(11-13(2)21)16-10-15(22)6-7-17(16)24-18/h3-8,10,18,22H,9,11H2,1-2H3. The minimum atomic E-state index is -0.691. The summed E-state index contributed by atoms with van der Waals surface area (Å²) in [5.74, 6) is 0.112. The molecule has 0 aromatic heterocycles. The van der Waals surface area contributed by atoms with Crippen molar-refractivity contribution in [1.82, 2.24) is 0 Å². The number of aromatic hydroxyl groups is 1. The number of carbonyl (C=O) groups is 2. The molecule has 5 heteroatoms. The Morgan fingerprint density at radius 2 is 2.04 bits per heavy atom. The number of ether oxygens (including phenoxy) is 1. The van der Waals surface area contributed by atoms with Gasteiger partial charge in [-0.1, -0.05) is 29.8 Å². The highest BCUT2D eigenvalue weighted by atomic mass is 16.5. The molecular weight excluding hydrogens is 306 g/mol. The van der Waals surface area contributed by atoms with Gasteiger partial charge >= 0.3 is 0 Å². The average molecular weight is 325 g/mol. The molecule has 1 atom stereocenters. The molecule has 0 bridgehead atoms. The maximum absolute atomic E-state index is 12.8. The van der Waals surface area contributed by atoms with Crippen molar-refractivity contribution < 1.29 is 19.4 Å². The average Bonchev–Trinajstić information content (AvgIpc) is 2.52. The minimum absolute atomic E-state index is 0.0239. The Bertz CT molecular complexity index is 800. The summed E-state index contributed by atoms with van der Waals surface area (Å²) < 4.78 is 5.84. The second-order valence-electron chi connectivity index (χ2n) is 6.08. The first-order chi connectivity index (χ1) is 11.4. The molecule has 0 fully saturated rings. The molecule has 1 aliphatic rings. The van der Waals surface area contributed by atoms with Gasteiger partial charge in [-0.15, -0.1) is 0 Å². The molecule has 0 radical (unpaired) electrons. The number of hydrogen-bond acceptors (Lipinski definition) is 4. The van der Waals surface area contributed by atoms with E-state index in [-0.39, 0.29) is 24.0 Å². The Labute approximate surface area is 140 Å². The van der Waals surface area contributed by atoms with E-state index in [1.165, 1.54) is 24.0 Å². The van der Waals surface area contributed by atoms with Crippen LogP contribution >= 0.6 is 0 Å². The van der Waals surface area contributed by atoms with Gasteiger partial charge in [-0.05, 0) is 31.5 Å². The van der Waals surface area contributed by atoms with Crippen molar-refractivity contribution in [2.75, 3.05) is 11.4 Å². The summed E-state index contributed by atoms with van der Waals surface area (Å²) in [5.41, 5.74) is 2.54. The van der Waals surface area contributed by atoms with E-state index >= 15 is 0 Å². The number of nitrogens with zero attached hydrogens (tertiary/aromatic N) is 1. The van der Waals surface area contributed by atoms with Crippen molar-refractivity contribution in [3.05, 3.63) is 53.6 Å². The molecular formula is C19H19NO4. The van der Waals surface area contributed by atoms with E-state index in [4.69, 9.17) is 4.74 Å². The Hall–Kier alpha value is -2.82. The molecule has 1 N–H and O–H groups in total. The van der Waals surface area contributed by atoms with Gasteiger partial charge in [0.05, 0.1) is 12.2 Å². The van der Waals surface area contributed by atoms with Crippen LogP contribution in [-0.4, -0.2) is 29.4 Å². The van der Waals surface area contributed by atoms with Crippen molar-refractivity contribution in [2.24, 2.45) is 0 Å². The van der Waals surface area contributed by atoms with Crippen molar-refractivity contribution >= 4 is 17.4 Å². The zero-order valence-electron chi connectivity index (χ0n) is 13.7. The fraction of sp³-hybridized carbons (Fsp3) is 0.263. The van der Waals surface area contributed by atoms with Gasteiger partial charge in [0, 0.05) is 12.5 Å². The number of fused-ring (bicyclic) bond motifs is 1. The number of carbonyl (C=O) groups excluding carboxylic acids is 2. The molecule has 124 valence electrons. The first-order valence-corrected chi connectivity index (χ1v) is 7.80. The Balaban J connectivity index is 1.94. The molecule has 1 heterocycles. The number of rotatable bonds is 4. The van der Waals surface area contributed by atoms with Gasteiger partial charge in [-0.3, -0.25) is 14.5 Å². The molecule has 1 aliphatic heterocycles.